The van der Waals surface area contributed by atoms with Gasteiger partial charge in [-0.25, -0.2) is 4.79 Å². The van der Waals surface area contributed by atoms with Gasteiger partial charge in [-0.2, -0.15) is 0 Å². The number of aryl methyl sites for hydroxylation is 1. The van der Waals surface area contributed by atoms with Crippen LogP contribution in [0.1, 0.15) is 12.0 Å². The lowest BCUT2D eigenvalue weighted by atomic mass is 10.0. The van der Waals surface area contributed by atoms with Gasteiger partial charge in [0.1, 0.15) is 5.75 Å². The molecule has 3 aromatic rings. The second-order valence-electron chi connectivity index (χ2n) is 6.70. The van der Waals surface area contributed by atoms with Crippen molar-refractivity contribution >= 4 is 17.6 Å². The third-order valence-corrected chi connectivity index (χ3v) is 4.98. The third-order valence-electron chi connectivity index (χ3n) is 4.72. The number of fused-ring (bicyclic) bond motifs is 1. The third kappa shape index (κ3) is 4.63. The lowest BCUT2D eigenvalue weighted by molar-refractivity contribution is -0.145. The van der Waals surface area contributed by atoms with Crippen LogP contribution in [0.5, 0.6) is 17.2 Å². The molecule has 0 bridgehead atoms. The SMILES string of the molecule is O=C(O)C(CCc1ccc(-c2ccc(Cl)cc2)cc1)Oc1ccc2c(c1)OCO2. The summed E-state index contributed by atoms with van der Waals surface area (Å²) in [6, 6.07) is 20.8. The quantitative estimate of drug-likeness (QED) is 0.580. The number of carboxylic acids is 1. The Hall–Kier alpha value is -3.18. The Kier molecular flexibility index (Phi) is 5.58. The molecule has 1 aliphatic heterocycles. The van der Waals surface area contributed by atoms with Crippen LogP contribution in [0.2, 0.25) is 5.02 Å². The summed E-state index contributed by atoms with van der Waals surface area (Å²) in [6.45, 7) is 0.160. The minimum atomic E-state index is -1.000. The van der Waals surface area contributed by atoms with Gasteiger partial charge in [0.05, 0.1) is 0 Å². The summed E-state index contributed by atoms with van der Waals surface area (Å²) < 4.78 is 16.2. The lowest BCUT2D eigenvalue weighted by Crippen LogP contribution is -2.27. The van der Waals surface area contributed by atoms with Gasteiger partial charge in [-0.05, 0) is 53.8 Å². The molecule has 0 radical (unpaired) electrons. The molecule has 3 aromatic carbocycles. The zero-order valence-corrected chi connectivity index (χ0v) is 16.3. The zero-order chi connectivity index (χ0) is 20.2. The summed E-state index contributed by atoms with van der Waals surface area (Å²) >= 11 is 5.93. The van der Waals surface area contributed by atoms with Gasteiger partial charge < -0.3 is 19.3 Å². The number of aliphatic carboxylic acids is 1. The second kappa shape index (κ2) is 8.45. The van der Waals surface area contributed by atoms with E-state index in [-0.39, 0.29) is 6.79 Å². The average molecular weight is 411 g/mol. The lowest BCUT2D eigenvalue weighted by Gasteiger charge is -2.15. The van der Waals surface area contributed by atoms with Crippen molar-refractivity contribution < 1.29 is 24.1 Å². The molecule has 1 N–H and O–H groups in total. The molecule has 4 rings (SSSR count). The van der Waals surface area contributed by atoms with E-state index in [4.69, 9.17) is 25.8 Å². The van der Waals surface area contributed by atoms with Crippen molar-refractivity contribution in [3.05, 3.63) is 77.3 Å². The molecule has 1 heterocycles. The normalized spacial score (nSPS) is 13.1. The Bertz CT molecular complexity index is 999. The largest absolute Gasteiger partial charge is 0.479 e. The highest BCUT2D eigenvalue weighted by Crippen LogP contribution is 2.35. The van der Waals surface area contributed by atoms with E-state index in [0.29, 0.717) is 35.1 Å². The summed E-state index contributed by atoms with van der Waals surface area (Å²) in [5.74, 6) is 0.634. The molecule has 1 atom stereocenters. The van der Waals surface area contributed by atoms with Crippen molar-refractivity contribution in [2.75, 3.05) is 6.79 Å². The zero-order valence-electron chi connectivity index (χ0n) is 15.5. The van der Waals surface area contributed by atoms with Gasteiger partial charge in [0.2, 0.25) is 6.79 Å². The molecule has 0 saturated heterocycles. The minimum Gasteiger partial charge on any atom is -0.479 e. The van der Waals surface area contributed by atoms with Gasteiger partial charge in [0.15, 0.2) is 17.6 Å². The van der Waals surface area contributed by atoms with Crippen LogP contribution in [0.25, 0.3) is 11.1 Å². The fourth-order valence-electron chi connectivity index (χ4n) is 3.15. The molecule has 5 nitrogen and oxygen atoms in total. The van der Waals surface area contributed by atoms with Gasteiger partial charge in [-0.15, -0.1) is 0 Å². The Labute approximate surface area is 173 Å². The standard InChI is InChI=1S/C23H19ClO5/c24-18-8-6-17(7-9-18)16-4-1-15(2-5-16)3-11-21(23(25)26)29-19-10-12-20-22(13-19)28-14-27-20/h1-2,4-10,12-13,21H,3,11,14H2,(H,25,26). The fraction of sp³-hybridized carbons (Fsp3) is 0.174. The Morgan fingerprint density at radius 2 is 1.62 bits per heavy atom. The van der Waals surface area contributed by atoms with E-state index in [1.807, 2.05) is 48.5 Å². The number of hydrogen-bond acceptors (Lipinski definition) is 4. The van der Waals surface area contributed by atoms with Crippen LogP contribution in [0, 0.1) is 0 Å². The van der Waals surface area contributed by atoms with E-state index >= 15 is 0 Å². The summed E-state index contributed by atoms with van der Waals surface area (Å²) in [5.41, 5.74) is 3.20. The first-order chi connectivity index (χ1) is 14.1. The van der Waals surface area contributed by atoms with E-state index in [1.54, 1.807) is 18.2 Å². The molecule has 1 aliphatic rings. The summed E-state index contributed by atoms with van der Waals surface area (Å²) in [7, 11) is 0. The Balaban J connectivity index is 1.39. The van der Waals surface area contributed by atoms with Crippen LogP contribution in [0.4, 0.5) is 0 Å². The van der Waals surface area contributed by atoms with Crippen molar-refractivity contribution in [3.8, 4) is 28.4 Å². The molecule has 0 aliphatic carbocycles. The van der Waals surface area contributed by atoms with Crippen LogP contribution in [0.3, 0.4) is 0 Å². The molecular weight excluding hydrogens is 392 g/mol. The molecule has 0 saturated carbocycles. The first-order valence-electron chi connectivity index (χ1n) is 9.22. The molecule has 148 valence electrons. The number of rotatable bonds is 7. The molecule has 0 spiro atoms. The van der Waals surface area contributed by atoms with Gasteiger partial charge in [0, 0.05) is 11.1 Å². The van der Waals surface area contributed by atoms with E-state index in [2.05, 4.69) is 0 Å². The van der Waals surface area contributed by atoms with Gasteiger partial charge in [-0.1, -0.05) is 48.0 Å². The Morgan fingerprint density at radius 3 is 2.31 bits per heavy atom. The highest BCUT2D eigenvalue weighted by Gasteiger charge is 2.21. The van der Waals surface area contributed by atoms with E-state index < -0.39 is 12.1 Å². The highest BCUT2D eigenvalue weighted by molar-refractivity contribution is 6.30. The average Bonchev–Trinajstić information content (AvgIpc) is 3.20. The van der Waals surface area contributed by atoms with Crippen LogP contribution >= 0.6 is 11.6 Å². The molecule has 1 unspecified atom stereocenters. The maximum Gasteiger partial charge on any atom is 0.344 e. The molecular formula is C23H19ClO5. The minimum absolute atomic E-state index is 0.160. The fourth-order valence-corrected chi connectivity index (χ4v) is 3.28. The predicted octanol–water partition coefficient (Wildman–Crippen LogP) is 5.20. The van der Waals surface area contributed by atoms with E-state index in [1.165, 1.54) is 0 Å². The van der Waals surface area contributed by atoms with Crippen molar-refractivity contribution in [2.24, 2.45) is 0 Å². The topological polar surface area (TPSA) is 65.0 Å². The van der Waals surface area contributed by atoms with Gasteiger partial charge in [-0.3, -0.25) is 0 Å². The van der Waals surface area contributed by atoms with Crippen LogP contribution in [0.15, 0.2) is 66.7 Å². The number of hydrogen-bond donors (Lipinski definition) is 1. The number of ether oxygens (including phenoxy) is 3. The summed E-state index contributed by atoms with van der Waals surface area (Å²) in [6.07, 6.45) is -0.0155. The summed E-state index contributed by atoms with van der Waals surface area (Å²) in [4.78, 5) is 11.6. The second-order valence-corrected chi connectivity index (χ2v) is 7.14. The van der Waals surface area contributed by atoms with Crippen LogP contribution < -0.4 is 14.2 Å². The van der Waals surface area contributed by atoms with Crippen molar-refractivity contribution in [1.82, 2.24) is 0 Å². The van der Waals surface area contributed by atoms with E-state index in [9.17, 15) is 9.90 Å². The molecule has 29 heavy (non-hydrogen) atoms. The van der Waals surface area contributed by atoms with Crippen LogP contribution in [-0.2, 0) is 11.2 Å². The number of carbonyl (C=O) groups is 1. The van der Waals surface area contributed by atoms with Crippen molar-refractivity contribution in [3.63, 3.8) is 0 Å². The number of halogens is 1. The first-order valence-corrected chi connectivity index (χ1v) is 9.60. The number of carboxylic acid groups (broad SMARTS) is 1. The Morgan fingerprint density at radius 1 is 0.966 bits per heavy atom. The van der Waals surface area contributed by atoms with Gasteiger partial charge >= 0.3 is 5.97 Å². The predicted molar refractivity (Wildman–Crippen MR) is 110 cm³/mol. The summed E-state index contributed by atoms with van der Waals surface area (Å²) in [5, 5.41) is 10.2. The van der Waals surface area contributed by atoms with Gasteiger partial charge in [0.25, 0.3) is 0 Å². The maximum absolute atomic E-state index is 11.6. The number of benzene rings is 3. The molecule has 0 aromatic heterocycles. The highest BCUT2D eigenvalue weighted by atomic mass is 35.5. The monoisotopic (exact) mass is 410 g/mol. The smallest absolute Gasteiger partial charge is 0.344 e. The van der Waals surface area contributed by atoms with Crippen molar-refractivity contribution in [2.45, 2.75) is 18.9 Å². The molecule has 0 fully saturated rings. The van der Waals surface area contributed by atoms with Crippen LogP contribution in [-0.4, -0.2) is 24.0 Å². The van der Waals surface area contributed by atoms with Crippen molar-refractivity contribution in [1.29, 1.82) is 0 Å². The molecule has 6 heteroatoms. The molecule has 0 amide bonds. The first kappa shape index (κ1) is 19.2. The van der Waals surface area contributed by atoms with E-state index in [0.717, 1.165) is 16.7 Å². The maximum atomic E-state index is 11.6.